The highest BCUT2D eigenvalue weighted by atomic mass is 16.5. The van der Waals surface area contributed by atoms with Crippen LogP contribution in [-0.4, -0.2) is 25.4 Å². The van der Waals surface area contributed by atoms with Crippen LogP contribution in [-0.2, 0) is 0 Å². The van der Waals surface area contributed by atoms with Crippen molar-refractivity contribution in [3.8, 4) is 45.2 Å². The lowest BCUT2D eigenvalue weighted by atomic mass is 10.00. The molecule has 0 saturated carbocycles. The van der Waals surface area contributed by atoms with Gasteiger partial charge in [0.25, 0.3) is 0 Å². The molecule has 1 aromatic heterocycles. The van der Waals surface area contributed by atoms with Crippen LogP contribution in [0.5, 0.6) is 17.2 Å². The second-order valence-corrected chi connectivity index (χ2v) is 10.9. The van der Waals surface area contributed by atoms with Crippen molar-refractivity contribution in [2.75, 3.05) is 20.8 Å². The third-order valence-corrected chi connectivity index (χ3v) is 8.06. The first kappa shape index (κ1) is 27.5. The average Bonchev–Trinajstić information content (AvgIpc) is 3.35. The fourth-order valence-electron chi connectivity index (χ4n) is 5.83. The van der Waals surface area contributed by atoms with Crippen molar-refractivity contribution in [2.45, 2.75) is 33.6 Å². The summed E-state index contributed by atoms with van der Waals surface area (Å²) in [7, 11) is 3.40. The molecule has 4 nitrogen and oxygen atoms in total. The quantitative estimate of drug-likeness (QED) is 0.166. The van der Waals surface area contributed by atoms with Crippen LogP contribution in [0.4, 0.5) is 0 Å². The van der Waals surface area contributed by atoms with Crippen LogP contribution in [0, 0.1) is 13.8 Å². The van der Waals surface area contributed by atoms with Gasteiger partial charge in [0.15, 0.2) is 0 Å². The van der Waals surface area contributed by atoms with Crippen molar-refractivity contribution in [2.24, 2.45) is 0 Å². The van der Waals surface area contributed by atoms with Crippen molar-refractivity contribution >= 4 is 21.8 Å². The Kier molecular flexibility index (Phi) is 7.62. The van der Waals surface area contributed by atoms with Gasteiger partial charge in [-0.2, -0.15) is 0 Å². The number of aromatic nitrogens is 1. The summed E-state index contributed by atoms with van der Waals surface area (Å²) in [5.41, 5.74) is 10.5. The van der Waals surface area contributed by atoms with Gasteiger partial charge in [0.2, 0.25) is 0 Å². The molecule has 5 aromatic carbocycles. The summed E-state index contributed by atoms with van der Waals surface area (Å²) in [4.78, 5) is 0. The molecule has 212 valence electrons. The number of methoxy groups -OCH3 is 2. The monoisotopic (exact) mass is 555 g/mol. The molecule has 0 atom stereocenters. The molecular formula is C38H37NO3. The highest BCUT2D eigenvalue weighted by molar-refractivity contribution is 6.11. The maximum atomic E-state index is 6.19. The van der Waals surface area contributed by atoms with Crippen LogP contribution >= 0.6 is 0 Å². The van der Waals surface area contributed by atoms with Gasteiger partial charge < -0.3 is 18.8 Å². The Bertz CT molecular complexity index is 1740. The minimum Gasteiger partial charge on any atom is -0.497 e. The van der Waals surface area contributed by atoms with E-state index in [-0.39, 0.29) is 0 Å². The molecule has 4 heteroatoms. The Morgan fingerprint density at radius 1 is 0.571 bits per heavy atom. The molecule has 0 radical (unpaired) electrons. The molecule has 0 amide bonds. The zero-order valence-corrected chi connectivity index (χ0v) is 25.0. The fraction of sp³-hybridized carbons (Fsp3) is 0.211. The molecule has 0 bridgehead atoms. The normalized spacial score (nSPS) is 11.3. The molecule has 0 N–H and O–H groups in total. The van der Waals surface area contributed by atoms with Crippen molar-refractivity contribution in [1.29, 1.82) is 0 Å². The Morgan fingerprint density at radius 2 is 1.02 bits per heavy atom. The lowest BCUT2D eigenvalue weighted by molar-refractivity contribution is 0.305. The van der Waals surface area contributed by atoms with Gasteiger partial charge in [-0.25, -0.2) is 0 Å². The van der Waals surface area contributed by atoms with Gasteiger partial charge in [-0.3, -0.25) is 0 Å². The molecule has 42 heavy (non-hydrogen) atoms. The SMILES string of the molecule is CCCCOc1c(C)cc(-n2c3ccc(-c4ccc(OC)cc4)cc3c3cc(-c4ccc(OC)cc4)ccc32)cc1C. The molecule has 1 heterocycles. The summed E-state index contributed by atoms with van der Waals surface area (Å²) in [6.07, 6.45) is 2.18. The van der Waals surface area contributed by atoms with Crippen molar-refractivity contribution < 1.29 is 14.2 Å². The number of benzene rings is 5. The number of fused-ring (bicyclic) bond motifs is 3. The van der Waals surface area contributed by atoms with E-state index in [0.29, 0.717) is 0 Å². The Labute approximate surface area is 248 Å². The second kappa shape index (κ2) is 11.7. The molecule has 0 aliphatic heterocycles. The largest absolute Gasteiger partial charge is 0.497 e. The van der Waals surface area contributed by atoms with Crippen LogP contribution in [0.1, 0.15) is 30.9 Å². The van der Waals surface area contributed by atoms with Crippen LogP contribution < -0.4 is 14.2 Å². The zero-order valence-electron chi connectivity index (χ0n) is 25.0. The second-order valence-electron chi connectivity index (χ2n) is 10.9. The van der Waals surface area contributed by atoms with Crippen molar-refractivity contribution in [3.05, 3.63) is 108 Å². The summed E-state index contributed by atoms with van der Waals surface area (Å²) < 4.78 is 19.4. The van der Waals surface area contributed by atoms with E-state index in [1.54, 1.807) is 14.2 Å². The first-order valence-corrected chi connectivity index (χ1v) is 14.6. The smallest absolute Gasteiger partial charge is 0.125 e. The summed E-state index contributed by atoms with van der Waals surface area (Å²) in [6.45, 7) is 7.23. The summed E-state index contributed by atoms with van der Waals surface area (Å²) >= 11 is 0. The number of hydrogen-bond acceptors (Lipinski definition) is 3. The van der Waals surface area contributed by atoms with E-state index in [9.17, 15) is 0 Å². The van der Waals surface area contributed by atoms with E-state index >= 15 is 0 Å². The molecule has 0 aliphatic carbocycles. The van der Waals surface area contributed by atoms with E-state index in [1.165, 1.54) is 32.9 Å². The highest BCUT2D eigenvalue weighted by Crippen LogP contribution is 2.39. The minimum absolute atomic E-state index is 0.745. The number of hydrogen-bond donors (Lipinski definition) is 0. The van der Waals surface area contributed by atoms with Gasteiger partial charge in [-0.15, -0.1) is 0 Å². The predicted molar refractivity (Wildman–Crippen MR) is 175 cm³/mol. The molecule has 0 unspecified atom stereocenters. The van der Waals surface area contributed by atoms with Crippen LogP contribution in [0.15, 0.2) is 97.1 Å². The molecule has 0 saturated heterocycles. The van der Waals surface area contributed by atoms with E-state index in [1.807, 2.05) is 24.3 Å². The summed E-state index contributed by atoms with van der Waals surface area (Å²) in [5, 5.41) is 2.43. The Hall–Kier alpha value is -4.70. The Morgan fingerprint density at radius 3 is 1.45 bits per heavy atom. The summed E-state index contributed by atoms with van der Waals surface area (Å²) in [6, 6.07) is 34.6. The topological polar surface area (TPSA) is 32.6 Å². The first-order valence-electron chi connectivity index (χ1n) is 14.6. The number of aryl methyl sites for hydroxylation is 2. The van der Waals surface area contributed by atoms with E-state index in [4.69, 9.17) is 14.2 Å². The maximum Gasteiger partial charge on any atom is 0.125 e. The third-order valence-electron chi connectivity index (χ3n) is 8.06. The highest BCUT2D eigenvalue weighted by Gasteiger charge is 2.17. The maximum absolute atomic E-state index is 6.19. The molecule has 6 aromatic rings. The summed E-state index contributed by atoms with van der Waals surface area (Å²) in [5.74, 6) is 2.71. The van der Waals surface area contributed by atoms with Crippen molar-refractivity contribution in [3.63, 3.8) is 0 Å². The minimum atomic E-state index is 0.745. The predicted octanol–water partition coefficient (Wildman–Crippen LogP) is 9.93. The zero-order chi connectivity index (χ0) is 29.2. The van der Waals surface area contributed by atoms with Gasteiger partial charge in [0, 0.05) is 16.5 Å². The van der Waals surface area contributed by atoms with Crippen LogP contribution in [0.2, 0.25) is 0 Å². The van der Waals surface area contributed by atoms with Crippen LogP contribution in [0.25, 0.3) is 49.7 Å². The third kappa shape index (κ3) is 5.09. The molecule has 0 aliphatic rings. The van der Waals surface area contributed by atoms with E-state index in [0.717, 1.165) is 64.6 Å². The van der Waals surface area contributed by atoms with Gasteiger partial charge in [0.1, 0.15) is 17.2 Å². The van der Waals surface area contributed by atoms with Gasteiger partial charge in [-0.1, -0.05) is 49.7 Å². The Balaban J connectivity index is 1.54. The lowest BCUT2D eigenvalue weighted by Crippen LogP contribution is -2.02. The fourth-order valence-corrected chi connectivity index (χ4v) is 5.83. The first-order chi connectivity index (χ1) is 20.5. The number of ether oxygens (including phenoxy) is 3. The number of unbranched alkanes of at least 4 members (excludes halogenated alkanes) is 1. The van der Waals surface area contributed by atoms with Gasteiger partial charge in [0.05, 0.1) is 31.9 Å². The van der Waals surface area contributed by atoms with Gasteiger partial charge in [-0.05, 0) is 114 Å². The van der Waals surface area contributed by atoms with Gasteiger partial charge >= 0.3 is 0 Å². The molecule has 6 rings (SSSR count). The standard InChI is InChI=1S/C38H37NO3/c1-6-7-20-42-38-25(2)21-31(22-26(38)3)39-36-18-12-29(27-8-14-32(40-4)15-9-27)23-34(36)35-24-30(13-19-37(35)39)28-10-16-33(41-5)17-11-28/h8-19,21-24H,6-7,20H2,1-5H3. The number of nitrogens with zero attached hydrogens (tertiary/aromatic N) is 1. The average molecular weight is 556 g/mol. The molecule has 0 fully saturated rings. The van der Waals surface area contributed by atoms with E-state index < -0.39 is 0 Å². The van der Waals surface area contributed by atoms with E-state index in [2.05, 4.69) is 98.1 Å². The molecular weight excluding hydrogens is 518 g/mol. The number of rotatable bonds is 9. The van der Waals surface area contributed by atoms with Crippen LogP contribution in [0.3, 0.4) is 0 Å². The molecule has 0 spiro atoms. The lowest BCUT2D eigenvalue weighted by Gasteiger charge is -2.16. The van der Waals surface area contributed by atoms with Crippen molar-refractivity contribution in [1.82, 2.24) is 4.57 Å².